The standard InChI is InChI=1S/C20H13Cl2N3O2/c1-10(26)25-16-5-3-2-4-12(16)19-18(25)17(13(9-23)20(24)27-19)11-6-7-14(21)15(22)8-11/h2-8,17H,24H2,1H3/t17-/m0/s1. The molecule has 1 aromatic heterocycles. The lowest BCUT2D eigenvalue weighted by Gasteiger charge is -2.26. The molecule has 7 heteroatoms. The van der Waals surface area contributed by atoms with Crippen LogP contribution in [0.1, 0.15) is 28.9 Å². The van der Waals surface area contributed by atoms with Crippen LogP contribution in [0, 0.1) is 11.3 Å². The van der Waals surface area contributed by atoms with Gasteiger partial charge in [-0.25, -0.2) is 0 Å². The van der Waals surface area contributed by atoms with E-state index in [1.807, 2.05) is 24.3 Å². The Morgan fingerprint density at radius 1 is 1.22 bits per heavy atom. The van der Waals surface area contributed by atoms with Crippen LogP contribution >= 0.6 is 23.2 Å². The first-order chi connectivity index (χ1) is 12.9. The summed E-state index contributed by atoms with van der Waals surface area (Å²) in [5, 5.41) is 11.2. The third-order valence-corrected chi connectivity index (χ3v) is 5.35. The van der Waals surface area contributed by atoms with E-state index in [0.717, 1.165) is 5.39 Å². The number of nitrogens with zero attached hydrogens (tertiary/aromatic N) is 2. The number of fused-ring (bicyclic) bond motifs is 3. The maximum Gasteiger partial charge on any atom is 0.228 e. The number of carbonyl (C=O) groups is 1. The molecular weight excluding hydrogens is 385 g/mol. The molecule has 3 aromatic rings. The maximum atomic E-state index is 12.5. The van der Waals surface area contributed by atoms with Crippen LogP contribution in [0.3, 0.4) is 0 Å². The monoisotopic (exact) mass is 397 g/mol. The van der Waals surface area contributed by atoms with Crippen molar-refractivity contribution < 1.29 is 9.53 Å². The molecule has 1 atom stereocenters. The van der Waals surface area contributed by atoms with Gasteiger partial charge in [0.1, 0.15) is 11.6 Å². The summed E-state index contributed by atoms with van der Waals surface area (Å²) in [6.45, 7) is 1.46. The van der Waals surface area contributed by atoms with Crippen molar-refractivity contribution in [1.82, 2.24) is 4.57 Å². The van der Waals surface area contributed by atoms with Crippen LogP contribution in [0.4, 0.5) is 0 Å². The van der Waals surface area contributed by atoms with Gasteiger partial charge in [0.05, 0.1) is 27.2 Å². The molecule has 0 radical (unpaired) electrons. The Morgan fingerprint density at radius 3 is 2.63 bits per heavy atom. The number of hydrogen-bond acceptors (Lipinski definition) is 4. The first-order valence-electron chi connectivity index (χ1n) is 8.10. The molecule has 0 aliphatic carbocycles. The van der Waals surface area contributed by atoms with Gasteiger partial charge in [-0.1, -0.05) is 41.4 Å². The quantitative estimate of drug-likeness (QED) is 0.637. The largest absolute Gasteiger partial charge is 0.438 e. The summed E-state index contributed by atoms with van der Waals surface area (Å²) in [6, 6.07) is 14.6. The minimum absolute atomic E-state index is 0.00697. The minimum atomic E-state index is -0.607. The van der Waals surface area contributed by atoms with E-state index in [0.29, 0.717) is 32.6 Å². The van der Waals surface area contributed by atoms with Crippen molar-refractivity contribution in [1.29, 1.82) is 5.26 Å². The SMILES string of the molecule is CC(=O)n1c2c(c3ccccc31)OC(N)=C(C#N)[C@@H]2c1ccc(Cl)c(Cl)c1. The third kappa shape index (κ3) is 2.57. The normalized spacial score (nSPS) is 16.0. The van der Waals surface area contributed by atoms with E-state index in [9.17, 15) is 10.1 Å². The highest BCUT2D eigenvalue weighted by molar-refractivity contribution is 6.42. The Labute approximate surface area is 165 Å². The molecule has 134 valence electrons. The molecule has 1 aliphatic rings. The fraction of sp³-hybridized carbons (Fsp3) is 0.100. The molecule has 0 spiro atoms. The number of rotatable bonds is 1. The van der Waals surface area contributed by atoms with Crippen molar-refractivity contribution in [3.63, 3.8) is 0 Å². The van der Waals surface area contributed by atoms with Crippen molar-refractivity contribution in [2.24, 2.45) is 5.73 Å². The van der Waals surface area contributed by atoms with Gasteiger partial charge in [0.15, 0.2) is 5.75 Å². The van der Waals surface area contributed by atoms with Gasteiger partial charge in [-0.3, -0.25) is 9.36 Å². The number of halogens is 2. The average molecular weight is 398 g/mol. The topological polar surface area (TPSA) is 81.0 Å². The zero-order valence-electron chi connectivity index (χ0n) is 14.2. The highest BCUT2D eigenvalue weighted by atomic mass is 35.5. The van der Waals surface area contributed by atoms with Gasteiger partial charge in [0, 0.05) is 12.3 Å². The average Bonchev–Trinajstić information content (AvgIpc) is 2.97. The molecule has 1 aliphatic heterocycles. The Balaban J connectivity index is 2.11. The fourth-order valence-corrected chi connectivity index (χ4v) is 3.82. The maximum absolute atomic E-state index is 12.5. The second-order valence-corrected chi connectivity index (χ2v) is 7.00. The van der Waals surface area contributed by atoms with Crippen molar-refractivity contribution in [2.45, 2.75) is 12.8 Å². The van der Waals surface area contributed by atoms with Crippen LogP contribution in [0.2, 0.25) is 10.0 Å². The molecule has 5 nitrogen and oxygen atoms in total. The molecule has 2 aromatic carbocycles. The summed E-state index contributed by atoms with van der Waals surface area (Å²) < 4.78 is 7.35. The Kier molecular flexibility index (Phi) is 4.11. The Bertz CT molecular complexity index is 1190. The van der Waals surface area contributed by atoms with Gasteiger partial charge in [-0.2, -0.15) is 5.26 Å². The van der Waals surface area contributed by atoms with E-state index < -0.39 is 5.92 Å². The lowest BCUT2D eigenvalue weighted by atomic mass is 9.87. The molecule has 2 heterocycles. The molecule has 27 heavy (non-hydrogen) atoms. The molecular formula is C20H13Cl2N3O2. The van der Waals surface area contributed by atoms with Gasteiger partial charge in [0.2, 0.25) is 11.8 Å². The number of para-hydroxylation sites is 1. The van der Waals surface area contributed by atoms with Crippen LogP contribution in [0.5, 0.6) is 5.75 Å². The second-order valence-electron chi connectivity index (χ2n) is 6.18. The van der Waals surface area contributed by atoms with Crippen LogP contribution in [-0.2, 0) is 0 Å². The molecule has 0 bridgehead atoms. The van der Waals surface area contributed by atoms with E-state index >= 15 is 0 Å². The number of allylic oxidation sites excluding steroid dienone is 1. The van der Waals surface area contributed by atoms with Crippen molar-refractivity contribution in [3.8, 4) is 11.8 Å². The Morgan fingerprint density at radius 2 is 1.96 bits per heavy atom. The van der Waals surface area contributed by atoms with Gasteiger partial charge >= 0.3 is 0 Å². The minimum Gasteiger partial charge on any atom is -0.438 e. The van der Waals surface area contributed by atoms with Gasteiger partial charge in [-0.05, 0) is 29.8 Å². The van der Waals surface area contributed by atoms with Gasteiger partial charge in [0.25, 0.3) is 0 Å². The number of carbonyl (C=O) groups excluding carboxylic acids is 1. The van der Waals surface area contributed by atoms with Crippen molar-refractivity contribution in [2.75, 3.05) is 0 Å². The number of aromatic nitrogens is 1. The lowest BCUT2D eigenvalue weighted by Crippen LogP contribution is -2.24. The van der Waals surface area contributed by atoms with Gasteiger partial charge in [-0.15, -0.1) is 0 Å². The van der Waals surface area contributed by atoms with E-state index in [1.165, 1.54) is 6.92 Å². The van der Waals surface area contributed by atoms with Crippen LogP contribution < -0.4 is 10.5 Å². The van der Waals surface area contributed by atoms with Crippen LogP contribution in [0.15, 0.2) is 53.9 Å². The molecule has 4 rings (SSSR count). The van der Waals surface area contributed by atoms with Crippen molar-refractivity contribution >= 4 is 40.0 Å². The fourth-order valence-electron chi connectivity index (χ4n) is 3.52. The smallest absolute Gasteiger partial charge is 0.228 e. The predicted molar refractivity (Wildman–Crippen MR) is 104 cm³/mol. The molecule has 0 unspecified atom stereocenters. The predicted octanol–water partition coefficient (Wildman–Crippen LogP) is 4.83. The summed E-state index contributed by atoms with van der Waals surface area (Å²) in [6.07, 6.45) is 0. The van der Waals surface area contributed by atoms with Crippen LogP contribution in [0.25, 0.3) is 10.9 Å². The summed E-state index contributed by atoms with van der Waals surface area (Å²) in [5.74, 6) is -0.329. The summed E-state index contributed by atoms with van der Waals surface area (Å²) in [7, 11) is 0. The highest BCUT2D eigenvalue weighted by Gasteiger charge is 2.37. The highest BCUT2D eigenvalue weighted by Crippen LogP contribution is 2.47. The van der Waals surface area contributed by atoms with Crippen molar-refractivity contribution in [3.05, 3.63) is 75.2 Å². The summed E-state index contributed by atoms with van der Waals surface area (Å²) >= 11 is 12.2. The van der Waals surface area contributed by atoms with E-state index in [1.54, 1.807) is 22.8 Å². The number of hydrogen-bond donors (Lipinski definition) is 1. The van der Waals surface area contributed by atoms with Gasteiger partial charge < -0.3 is 10.5 Å². The number of benzene rings is 2. The van der Waals surface area contributed by atoms with E-state index in [4.69, 9.17) is 33.7 Å². The molecule has 0 saturated carbocycles. The number of ether oxygens (including phenoxy) is 1. The Hall–Kier alpha value is -2.94. The first-order valence-corrected chi connectivity index (χ1v) is 8.86. The lowest BCUT2D eigenvalue weighted by molar-refractivity contribution is 0.0937. The zero-order chi connectivity index (χ0) is 19.3. The molecule has 0 saturated heterocycles. The third-order valence-electron chi connectivity index (χ3n) is 4.62. The number of nitrogens with two attached hydrogens (primary N) is 1. The number of nitriles is 1. The zero-order valence-corrected chi connectivity index (χ0v) is 15.7. The first kappa shape index (κ1) is 17.5. The molecule has 2 N–H and O–H groups in total. The molecule has 0 fully saturated rings. The van der Waals surface area contributed by atoms with Crippen LogP contribution in [-0.4, -0.2) is 10.5 Å². The van der Waals surface area contributed by atoms with E-state index in [2.05, 4.69) is 6.07 Å². The summed E-state index contributed by atoms with van der Waals surface area (Å²) in [5.41, 5.74) is 8.20. The molecule has 0 amide bonds. The summed E-state index contributed by atoms with van der Waals surface area (Å²) in [4.78, 5) is 12.5. The van der Waals surface area contributed by atoms with E-state index in [-0.39, 0.29) is 17.4 Å². The second kappa shape index (κ2) is 6.34.